The smallest absolute Gasteiger partial charge is 0.255 e. The molecule has 0 fully saturated rings. The van der Waals surface area contributed by atoms with Gasteiger partial charge < -0.3 is 15.4 Å². The molecule has 6 heteroatoms. The number of hydrogen-bond acceptors (Lipinski definition) is 3. The number of rotatable bonds is 7. The molecule has 0 saturated carbocycles. The van der Waals surface area contributed by atoms with Crippen LogP contribution >= 0.6 is 0 Å². The van der Waals surface area contributed by atoms with Gasteiger partial charge in [-0.1, -0.05) is 24.3 Å². The Morgan fingerprint density at radius 2 is 1.62 bits per heavy atom. The summed E-state index contributed by atoms with van der Waals surface area (Å²) >= 11 is 0. The van der Waals surface area contributed by atoms with Crippen LogP contribution in [0, 0.1) is 5.82 Å². The molecule has 3 rings (SSSR count). The van der Waals surface area contributed by atoms with Crippen molar-refractivity contribution in [1.82, 2.24) is 5.32 Å². The number of halogens is 1. The highest BCUT2D eigenvalue weighted by Crippen LogP contribution is 2.16. The van der Waals surface area contributed by atoms with Crippen LogP contribution in [0.3, 0.4) is 0 Å². The maximum Gasteiger partial charge on any atom is 0.255 e. The summed E-state index contributed by atoms with van der Waals surface area (Å²) in [5.74, 6) is -0.446. The molecule has 0 heterocycles. The topological polar surface area (TPSA) is 67.4 Å². The van der Waals surface area contributed by atoms with Crippen molar-refractivity contribution in [2.24, 2.45) is 0 Å². The van der Waals surface area contributed by atoms with Crippen LogP contribution in [-0.2, 0) is 6.61 Å². The first-order chi connectivity index (χ1) is 14.0. The second kappa shape index (κ2) is 9.50. The van der Waals surface area contributed by atoms with E-state index in [2.05, 4.69) is 10.6 Å². The SMILES string of the molecule is CCNC(=O)c1cccc(NC(=O)c2cccc(COc3cccc(F)c3)c2)c1. The zero-order chi connectivity index (χ0) is 20.6. The number of nitrogens with one attached hydrogen (secondary N) is 2. The molecule has 5 nitrogen and oxygen atoms in total. The predicted molar refractivity (Wildman–Crippen MR) is 110 cm³/mol. The Morgan fingerprint density at radius 3 is 2.38 bits per heavy atom. The monoisotopic (exact) mass is 392 g/mol. The number of ether oxygens (including phenoxy) is 1. The third-order valence-electron chi connectivity index (χ3n) is 4.11. The third kappa shape index (κ3) is 5.65. The summed E-state index contributed by atoms with van der Waals surface area (Å²) < 4.78 is 18.8. The Labute approximate surface area is 168 Å². The Morgan fingerprint density at radius 1 is 0.897 bits per heavy atom. The van der Waals surface area contributed by atoms with Gasteiger partial charge in [-0.05, 0) is 55.0 Å². The van der Waals surface area contributed by atoms with Crippen molar-refractivity contribution in [2.45, 2.75) is 13.5 Å². The minimum Gasteiger partial charge on any atom is -0.489 e. The number of amides is 2. The summed E-state index contributed by atoms with van der Waals surface area (Å²) in [5, 5.41) is 5.52. The molecule has 0 aliphatic rings. The fourth-order valence-electron chi connectivity index (χ4n) is 2.73. The molecule has 0 aliphatic heterocycles. The van der Waals surface area contributed by atoms with Crippen molar-refractivity contribution in [3.63, 3.8) is 0 Å². The van der Waals surface area contributed by atoms with E-state index >= 15 is 0 Å². The van der Waals surface area contributed by atoms with Crippen LogP contribution in [0.25, 0.3) is 0 Å². The van der Waals surface area contributed by atoms with Gasteiger partial charge in [-0.3, -0.25) is 9.59 Å². The Hall–Kier alpha value is -3.67. The molecule has 0 aliphatic carbocycles. The second-order valence-corrected chi connectivity index (χ2v) is 6.34. The van der Waals surface area contributed by atoms with Crippen LogP contribution in [0.4, 0.5) is 10.1 Å². The van der Waals surface area contributed by atoms with E-state index in [1.54, 1.807) is 54.6 Å². The number of carbonyl (C=O) groups is 2. The van der Waals surface area contributed by atoms with E-state index in [1.165, 1.54) is 12.1 Å². The van der Waals surface area contributed by atoms with Gasteiger partial charge in [0.2, 0.25) is 0 Å². The van der Waals surface area contributed by atoms with Gasteiger partial charge in [-0.15, -0.1) is 0 Å². The molecule has 3 aromatic carbocycles. The van der Waals surface area contributed by atoms with Crippen LogP contribution in [0.2, 0.25) is 0 Å². The van der Waals surface area contributed by atoms with Crippen LogP contribution in [0.1, 0.15) is 33.2 Å². The maximum absolute atomic E-state index is 13.2. The summed E-state index contributed by atoms with van der Waals surface area (Å²) in [5.41, 5.74) is 2.23. The van der Waals surface area contributed by atoms with Gasteiger partial charge >= 0.3 is 0 Å². The number of hydrogen-bond donors (Lipinski definition) is 2. The summed E-state index contributed by atoms with van der Waals surface area (Å²) in [4.78, 5) is 24.5. The van der Waals surface area contributed by atoms with Gasteiger partial charge in [-0.25, -0.2) is 4.39 Å². The molecule has 29 heavy (non-hydrogen) atoms. The van der Waals surface area contributed by atoms with Crippen molar-refractivity contribution in [3.05, 3.63) is 95.3 Å². The van der Waals surface area contributed by atoms with Gasteiger partial charge in [-0.2, -0.15) is 0 Å². The first-order valence-electron chi connectivity index (χ1n) is 9.22. The summed E-state index contributed by atoms with van der Waals surface area (Å²) in [6.45, 7) is 2.58. The summed E-state index contributed by atoms with van der Waals surface area (Å²) in [7, 11) is 0. The molecule has 0 saturated heterocycles. The minimum atomic E-state index is -0.370. The van der Waals surface area contributed by atoms with Gasteiger partial charge in [0, 0.05) is 29.4 Å². The lowest BCUT2D eigenvalue weighted by molar-refractivity contribution is 0.0954. The fourth-order valence-corrected chi connectivity index (χ4v) is 2.73. The predicted octanol–water partition coefficient (Wildman–Crippen LogP) is 4.41. The van der Waals surface area contributed by atoms with Crippen molar-refractivity contribution in [1.29, 1.82) is 0 Å². The first kappa shape index (κ1) is 20.1. The Balaban J connectivity index is 1.66. The second-order valence-electron chi connectivity index (χ2n) is 6.34. The zero-order valence-corrected chi connectivity index (χ0v) is 15.9. The highest BCUT2D eigenvalue weighted by Gasteiger charge is 2.10. The summed E-state index contributed by atoms with van der Waals surface area (Å²) in [6.07, 6.45) is 0. The molecule has 3 aromatic rings. The zero-order valence-electron chi connectivity index (χ0n) is 15.9. The molecule has 2 amide bonds. The maximum atomic E-state index is 13.2. The first-order valence-corrected chi connectivity index (χ1v) is 9.22. The minimum absolute atomic E-state index is 0.194. The van der Waals surface area contributed by atoms with E-state index in [1.807, 2.05) is 13.0 Å². The van der Waals surface area contributed by atoms with Crippen LogP contribution in [-0.4, -0.2) is 18.4 Å². The van der Waals surface area contributed by atoms with E-state index in [9.17, 15) is 14.0 Å². The highest BCUT2D eigenvalue weighted by molar-refractivity contribution is 6.05. The van der Waals surface area contributed by atoms with Crippen LogP contribution in [0.5, 0.6) is 5.75 Å². The van der Waals surface area contributed by atoms with Crippen LogP contribution in [0.15, 0.2) is 72.8 Å². The molecule has 0 spiro atoms. The van der Waals surface area contributed by atoms with Crippen molar-refractivity contribution in [3.8, 4) is 5.75 Å². The molecular weight excluding hydrogens is 371 g/mol. The average molecular weight is 392 g/mol. The van der Waals surface area contributed by atoms with E-state index < -0.39 is 0 Å². The van der Waals surface area contributed by atoms with E-state index in [0.29, 0.717) is 29.1 Å². The molecule has 0 bridgehead atoms. The van der Waals surface area contributed by atoms with Crippen molar-refractivity contribution in [2.75, 3.05) is 11.9 Å². The van der Waals surface area contributed by atoms with Crippen LogP contribution < -0.4 is 15.4 Å². The molecule has 2 N–H and O–H groups in total. The molecule has 0 atom stereocenters. The van der Waals surface area contributed by atoms with E-state index in [0.717, 1.165) is 5.56 Å². The number of benzene rings is 3. The lowest BCUT2D eigenvalue weighted by Gasteiger charge is -2.10. The lowest BCUT2D eigenvalue weighted by atomic mass is 10.1. The fraction of sp³-hybridized carbons (Fsp3) is 0.130. The molecular formula is C23H21FN2O3. The van der Waals surface area contributed by atoms with E-state index in [-0.39, 0.29) is 24.2 Å². The number of carbonyl (C=O) groups excluding carboxylic acids is 2. The van der Waals surface area contributed by atoms with Crippen molar-refractivity contribution >= 4 is 17.5 Å². The molecule has 0 aromatic heterocycles. The van der Waals surface area contributed by atoms with Crippen molar-refractivity contribution < 1.29 is 18.7 Å². The largest absolute Gasteiger partial charge is 0.489 e. The Bertz CT molecular complexity index is 1020. The molecule has 0 radical (unpaired) electrons. The normalized spacial score (nSPS) is 10.3. The average Bonchev–Trinajstić information content (AvgIpc) is 2.73. The van der Waals surface area contributed by atoms with Gasteiger partial charge in [0.1, 0.15) is 18.2 Å². The lowest BCUT2D eigenvalue weighted by Crippen LogP contribution is -2.22. The number of anilines is 1. The van der Waals surface area contributed by atoms with E-state index in [4.69, 9.17) is 4.74 Å². The molecule has 0 unspecified atom stereocenters. The molecule has 148 valence electrons. The standard InChI is InChI=1S/C23H21FN2O3/c1-2-25-22(27)18-8-4-10-20(13-18)26-23(28)17-7-3-6-16(12-17)15-29-21-11-5-9-19(24)14-21/h3-14H,2,15H2,1H3,(H,25,27)(H,26,28). The Kier molecular flexibility index (Phi) is 6.58. The van der Waals surface area contributed by atoms with Gasteiger partial charge in [0.15, 0.2) is 0 Å². The highest BCUT2D eigenvalue weighted by atomic mass is 19.1. The van der Waals surface area contributed by atoms with Gasteiger partial charge in [0.25, 0.3) is 11.8 Å². The van der Waals surface area contributed by atoms with Gasteiger partial charge in [0.05, 0.1) is 0 Å². The quantitative estimate of drug-likeness (QED) is 0.626. The third-order valence-corrected chi connectivity index (χ3v) is 4.11. The summed E-state index contributed by atoms with van der Waals surface area (Å²) in [6, 6.07) is 19.6.